The van der Waals surface area contributed by atoms with Crippen molar-refractivity contribution in [2.75, 3.05) is 46.3 Å². The normalized spacial score (nSPS) is 25.4. The molecule has 2 N–H and O–H groups in total. The van der Waals surface area contributed by atoms with Gasteiger partial charge in [-0.2, -0.15) is 0 Å². The third kappa shape index (κ3) is 6.36. The van der Waals surface area contributed by atoms with Crippen molar-refractivity contribution >= 4 is 11.9 Å². The highest BCUT2D eigenvalue weighted by Crippen LogP contribution is 2.27. The van der Waals surface area contributed by atoms with E-state index in [0.717, 1.165) is 50.8 Å². The lowest BCUT2D eigenvalue weighted by atomic mass is 9.99. The third-order valence-electron chi connectivity index (χ3n) is 6.84. The van der Waals surface area contributed by atoms with Gasteiger partial charge < -0.3 is 20.4 Å². The van der Waals surface area contributed by atoms with Crippen molar-refractivity contribution < 1.29 is 4.79 Å². The van der Waals surface area contributed by atoms with E-state index in [1.54, 1.807) is 0 Å². The summed E-state index contributed by atoms with van der Waals surface area (Å²) >= 11 is 0. The summed E-state index contributed by atoms with van der Waals surface area (Å²) in [4.78, 5) is 21.6. The Bertz CT molecular complexity index is 509. The number of aliphatic imine (C=N–C) groups is 1. The Morgan fingerprint density at radius 1 is 1.04 bits per heavy atom. The number of amides is 1. The molecule has 28 heavy (non-hydrogen) atoms. The Morgan fingerprint density at radius 2 is 1.79 bits per heavy atom. The Morgan fingerprint density at radius 3 is 2.50 bits per heavy atom. The Labute approximate surface area is 171 Å². The van der Waals surface area contributed by atoms with Crippen LogP contribution in [0.1, 0.15) is 64.7 Å². The first-order valence-corrected chi connectivity index (χ1v) is 11.6. The SMILES string of the molecule is CN=C(NCCCCN1CCC(C)CC1)NC1CCN(C(=O)C2CCCC2)C1. The molecule has 6 heteroatoms. The zero-order valence-electron chi connectivity index (χ0n) is 18.1. The fraction of sp³-hybridized carbons (Fsp3) is 0.909. The van der Waals surface area contributed by atoms with Crippen LogP contribution >= 0.6 is 0 Å². The molecule has 6 nitrogen and oxygen atoms in total. The van der Waals surface area contributed by atoms with Gasteiger partial charge in [0.15, 0.2) is 5.96 Å². The molecule has 160 valence electrons. The number of hydrogen-bond acceptors (Lipinski definition) is 3. The predicted octanol–water partition coefficient (Wildman–Crippen LogP) is 2.45. The molecule has 0 bridgehead atoms. The molecule has 2 aliphatic heterocycles. The Kier molecular flexibility index (Phi) is 8.44. The van der Waals surface area contributed by atoms with Crippen molar-refractivity contribution in [2.24, 2.45) is 16.8 Å². The lowest BCUT2D eigenvalue weighted by Crippen LogP contribution is -2.45. The van der Waals surface area contributed by atoms with E-state index in [2.05, 4.69) is 32.3 Å². The number of carbonyl (C=O) groups is 1. The number of unbranched alkanes of at least 4 members (excludes halogenated alkanes) is 1. The van der Waals surface area contributed by atoms with Gasteiger partial charge in [-0.1, -0.05) is 19.8 Å². The highest BCUT2D eigenvalue weighted by molar-refractivity contribution is 5.81. The molecular formula is C22H41N5O. The van der Waals surface area contributed by atoms with Crippen LogP contribution in [0.4, 0.5) is 0 Å². The van der Waals surface area contributed by atoms with E-state index < -0.39 is 0 Å². The van der Waals surface area contributed by atoms with E-state index in [1.165, 1.54) is 58.2 Å². The maximum absolute atomic E-state index is 12.6. The summed E-state index contributed by atoms with van der Waals surface area (Å²) in [5.41, 5.74) is 0. The standard InChI is InChI=1S/C22H41N5O/c1-18-9-14-26(15-10-18)13-6-5-12-24-22(23-2)25-20-11-16-27(17-20)21(28)19-7-3-4-8-19/h18-20H,3-17H2,1-2H3,(H2,23,24,25). The van der Waals surface area contributed by atoms with Crippen LogP contribution in [0.15, 0.2) is 4.99 Å². The highest BCUT2D eigenvalue weighted by atomic mass is 16.2. The minimum absolute atomic E-state index is 0.291. The molecule has 1 unspecified atom stereocenters. The van der Waals surface area contributed by atoms with Gasteiger partial charge in [-0.15, -0.1) is 0 Å². The number of rotatable bonds is 7. The molecule has 3 rings (SSSR count). The largest absolute Gasteiger partial charge is 0.356 e. The number of nitrogens with zero attached hydrogens (tertiary/aromatic N) is 3. The van der Waals surface area contributed by atoms with Crippen molar-refractivity contribution in [2.45, 2.75) is 70.8 Å². The first-order chi connectivity index (χ1) is 13.7. The number of carbonyl (C=O) groups excluding carboxylic acids is 1. The molecular weight excluding hydrogens is 350 g/mol. The van der Waals surface area contributed by atoms with Gasteiger partial charge in [-0.05, 0) is 70.5 Å². The molecule has 1 amide bonds. The summed E-state index contributed by atoms with van der Waals surface area (Å²) in [5.74, 6) is 2.47. The van der Waals surface area contributed by atoms with Gasteiger partial charge in [0.25, 0.3) is 0 Å². The summed E-state index contributed by atoms with van der Waals surface area (Å²) in [6.45, 7) is 8.81. The molecule has 1 saturated carbocycles. The third-order valence-corrected chi connectivity index (χ3v) is 6.84. The van der Waals surface area contributed by atoms with Crippen molar-refractivity contribution in [3.8, 4) is 0 Å². The number of piperidine rings is 1. The Hall–Kier alpha value is -1.30. The van der Waals surface area contributed by atoms with Gasteiger partial charge in [0.05, 0.1) is 0 Å². The minimum Gasteiger partial charge on any atom is -0.356 e. The monoisotopic (exact) mass is 391 g/mol. The van der Waals surface area contributed by atoms with Crippen LogP contribution in [0.25, 0.3) is 0 Å². The number of guanidine groups is 1. The van der Waals surface area contributed by atoms with Crippen LogP contribution < -0.4 is 10.6 Å². The highest BCUT2D eigenvalue weighted by Gasteiger charge is 2.32. The molecule has 0 aromatic carbocycles. The average Bonchev–Trinajstić information content (AvgIpc) is 3.40. The Balaban J connectivity index is 1.28. The van der Waals surface area contributed by atoms with Gasteiger partial charge in [0.1, 0.15) is 0 Å². The zero-order valence-corrected chi connectivity index (χ0v) is 18.1. The van der Waals surface area contributed by atoms with E-state index in [1.807, 2.05) is 7.05 Å². The summed E-state index contributed by atoms with van der Waals surface area (Å²) in [7, 11) is 1.83. The van der Waals surface area contributed by atoms with Crippen molar-refractivity contribution in [1.29, 1.82) is 0 Å². The van der Waals surface area contributed by atoms with Gasteiger partial charge >= 0.3 is 0 Å². The molecule has 2 heterocycles. The van der Waals surface area contributed by atoms with Gasteiger partial charge in [-0.3, -0.25) is 9.79 Å². The lowest BCUT2D eigenvalue weighted by Gasteiger charge is -2.30. The summed E-state index contributed by atoms with van der Waals surface area (Å²) < 4.78 is 0. The van der Waals surface area contributed by atoms with Crippen LogP contribution in [0.3, 0.4) is 0 Å². The fourth-order valence-electron chi connectivity index (χ4n) is 4.85. The van der Waals surface area contributed by atoms with Crippen molar-refractivity contribution in [1.82, 2.24) is 20.4 Å². The van der Waals surface area contributed by atoms with Crippen molar-refractivity contribution in [3.63, 3.8) is 0 Å². The number of nitrogens with one attached hydrogen (secondary N) is 2. The molecule has 0 spiro atoms. The maximum atomic E-state index is 12.6. The minimum atomic E-state index is 0.291. The van der Waals surface area contributed by atoms with Gasteiger partial charge in [-0.25, -0.2) is 0 Å². The summed E-state index contributed by atoms with van der Waals surface area (Å²) in [6.07, 6.45) is 10.8. The van der Waals surface area contributed by atoms with Gasteiger partial charge in [0, 0.05) is 38.6 Å². The zero-order chi connectivity index (χ0) is 19.8. The second-order valence-electron chi connectivity index (χ2n) is 9.13. The van der Waals surface area contributed by atoms with Crippen LogP contribution in [0, 0.1) is 11.8 Å². The number of likely N-dealkylation sites (tertiary alicyclic amines) is 2. The molecule has 3 aliphatic rings. The molecule has 2 saturated heterocycles. The molecule has 1 aliphatic carbocycles. The average molecular weight is 392 g/mol. The van der Waals surface area contributed by atoms with Crippen LogP contribution in [-0.2, 0) is 4.79 Å². The van der Waals surface area contributed by atoms with E-state index in [0.29, 0.717) is 17.9 Å². The van der Waals surface area contributed by atoms with Crippen LogP contribution in [0.2, 0.25) is 0 Å². The topological polar surface area (TPSA) is 60.0 Å². The molecule has 1 atom stereocenters. The molecule has 0 aromatic rings. The predicted molar refractivity (Wildman–Crippen MR) is 116 cm³/mol. The molecule has 0 radical (unpaired) electrons. The second kappa shape index (κ2) is 11.0. The van der Waals surface area contributed by atoms with Crippen LogP contribution in [0.5, 0.6) is 0 Å². The van der Waals surface area contributed by atoms with Gasteiger partial charge in [0.2, 0.25) is 5.91 Å². The summed E-state index contributed by atoms with van der Waals surface area (Å²) in [6, 6.07) is 0.326. The van der Waals surface area contributed by atoms with E-state index in [9.17, 15) is 4.79 Å². The summed E-state index contributed by atoms with van der Waals surface area (Å²) in [5, 5.41) is 6.98. The van der Waals surface area contributed by atoms with Crippen molar-refractivity contribution in [3.05, 3.63) is 0 Å². The number of hydrogen-bond donors (Lipinski definition) is 2. The van der Waals surface area contributed by atoms with E-state index in [-0.39, 0.29) is 0 Å². The first kappa shape index (κ1) is 21.4. The molecule has 0 aromatic heterocycles. The fourth-order valence-corrected chi connectivity index (χ4v) is 4.85. The van der Waals surface area contributed by atoms with E-state index >= 15 is 0 Å². The molecule has 3 fully saturated rings. The first-order valence-electron chi connectivity index (χ1n) is 11.6. The second-order valence-corrected chi connectivity index (χ2v) is 9.13. The van der Waals surface area contributed by atoms with E-state index in [4.69, 9.17) is 0 Å². The smallest absolute Gasteiger partial charge is 0.225 e. The van der Waals surface area contributed by atoms with Crippen LogP contribution in [-0.4, -0.2) is 74.0 Å². The maximum Gasteiger partial charge on any atom is 0.225 e. The quantitative estimate of drug-likeness (QED) is 0.398. The lowest BCUT2D eigenvalue weighted by molar-refractivity contribution is -0.134.